The molecule has 2 aromatic rings. The molecular formula is C15H15FN2O4S. The zero-order valence-corrected chi connectivity index (χ0v) is 13.2. The van der Waals surface area contributed by atoms with Crippen molar-refractivity contribution in [2.75, 3.05) is 10.8 Å². The van der Waals surface area contributed by atoms with E-state index < -0.39 is 21.8 Å². The average Bonchev–Trinajstić information content (AvgIpc) is 3.11. The van der Waals surface area contributed by atoms with Gasteiger partial charge in [-0.1, -0.05) is 6.07 Å². The average molecular weight is 338 g/mol. The van der Waals surface area contributed by atoms with Gasteiger partial charge in [0, 0.05) is 19.3 Å². The molecule has 0 radical (unpaired) electrons. The first-order valence-electron chi connectivity index (χ1n) is 7.09. The summed E-state index contributed by atoms with van der Waals surface area (Å²) in [5.74, 6) is -1.70. The Balaban J connectivity index is 2.08. The van der Waals surface area contributed by atoms with Crippen LogP contribution in [0, 0.1) is 5.82 Å². The van der Waals surface area contributed by atoms with Gasteiger partial charge in [0.15, 0.2) is 0 Å². The van der Waals surface area contributed by atoms with Gasteiger partial charge in [-0.2, -0.15) is 0 Å². The number of rotatable bonds is 4. The second-order valence-corrected chi connectivity index (χ2v) is 7.11. The summed E-state index contributed by atoms with van der Waals surface area (Å²) in [6.07, 6.45) is 1.80. The summed E-state index contributed by atoms with van der Waals surface area (Å²) < 4.78 is 41.6. The van der Waals surface area contributed by atoms with Crippen molar-refractivity contribution in [2.24, 2.45) is 0 Å². The fourth-order valence-corrected chi connectivity index (χ4v) is 4.30. The van der Waals surface area contributed by atoms with Gasteiger partial charge in [0.05, 0.1) is 5.69 Å². The smallest absolute Gasteiger partial charge is 0.352 e. The number of aromatic nitrogens is 1. The number of carboxylic acid groups (broad SMARTS) is 1. The third-order valence-corrected chi connectivity index (χ3v) is 5.70. The Kier molecular flexibility index (Phi) is 3.63. The summed E-state index contributed by atoms with van der Waals surface area (Å²) >= 11 is 0. The van der Waals surface area contributed by atoms with Crippen LogP contribution in [0.2, 0.25) is 0 Å². The highest BCUT2D eigenvalue weighted by molar-refractivity contribution is 7.92. The van der Waals surface area contributed by atoms with Gasteiger partial charge in [0.2, 0.25) is 0 Å². The SMILES string of the molecule is CCn1cc(S(=O)(=O)N2CCc3ccc(F)cc32)cc1C(=O)O. The van der Waals surface area contributed by atoms with E-state index in [9.17, 15) is 17.6 Å². The lowest BCUT2D eigenvalue weighted by atomic mass is 10.2. The molecule has 0 amide bonds. The zero-order chi connectivity index (χ0) is 16.8. The van der Waals surface area contributed by atoms with Crippen molar-refractivity contribution in [2.45, 2.75) is 24.8 Å². The largest absolute Gasteiger partial charge is 0.477 e. The van der Waals surface area contributed by atoms with Crippen molar-refractivity contribution in [3.63, 3.8) is 0 Å². The summed E-state index contributed by atoms with van der Waals surface area (Å²) in [7, 11) is -3.93. The highest BCUT2D eigenvalue weighted by Crippen LogP contribution is 2.33. The number of aromatic carboxylic acids is 1. The first-order valence-corrected chi connectivity index (χ1v) is 8.53. The fourth-order valence-electron chi connectivity index (χ4n) is 2.77. The Morgan fingerprint density at radius 2 is 2.09 bits per heavy atom. The van der Waals surface area contributed by atoms with Crippen LogP contribution >= 0.6 is 0 Å². The minimum absolute atomic E-state index is 0.0928. The van der Waals surface area contributed by atoms with Crippen LogP contribution in [0.4, 0.5) is 10.1 Å². The quantitative estimate of drug-likeness (QED) is 0.926. The van der Waals surface area contributed by atoms with E-state index in [1.54, 1.807) is 13.0 Å². The monoisotopic (exact) mass is 338 g/mol. The molecule has 3 rings (SSSR count). The van der Waals surface area contributed by atoms with E-state index in [0.717, 1.165) is 15.9 Å². The van der Waals surface area contributed by atoms with Crippen molar-refractivity contribution in [3.05, 3.63) is 47.5 Å². The van der Waals surface area contributed by atoms with E-state index in [2.05, 4.69) is 0 Å². The van der Waals surface area contributed by atoms with Crippen LogP contribution in [0.5, 0.6) is 0 Å². The van der Waals surface area contributed by atoms with Gasteiger partial charge in [-0.05, 0) is 37.1 Å². The van der Waals surface area contributed by atoms with Crippen molar-refractivity contribution >= 4 is 21.7 Å². The number of hydrogen-bond acceptors (Lipinski definition) is 3. The van der Waals surface area contributed by atoms with Gasteiger partial charge in [-0.25, -0.2) is 17.6 Å². The maximum atomic E-state index is 13.5. The van der Waals surface area contributed by atoms with E-state index in [-0.39, 0.29) is 17.1 Å². The van der Waals surface area contributed by atoms with Gasteiger partial charge in [-0.3, -0.25) is 4.31 Å². The molecule has 2 heterocycles. The van der Waals surface area contributed by atoms with Crippen molar-refractivity contribution in [1.82, 2.24) is 4.57 Å². The number of carboxylic acids is 1. The van der Waals surface area contributed by atoms with Gasteiger partial charge >= 0.3 is 5.97 Å². The second-order valence-electron chi connectivity index (χ2n) is 5.25. The number of nitrogens with zero attached hydrogens (tertiary/aromatic N) is 2. The minimum Gasteiger partial charge on any atom is -0.477 e. The standard InChI is InChI=1S/C15H15FN2O4S/c1-2-17-9-12(8-14(17)15(19)20)23(21,22)18-6-5-10-3-4-11(16)7-13(10)18/h3-4,7-9H,2,5-6H2,1H3,(H,19,20). The first kappa shape index (κ1) is 15.5. The summed E-state index contributed by atoms with van der Waals surface area (Å²) in [4.78, 5) is 11.1. The lowest BCUT2D eigenvalue weighted by Crippen LogP contribution is -2.28. The predicted molar refractivity (Wildman–Crippen MR) is 81.7 cm³/mol. The highest BCUT2D eigenvalue weighted by atomic mass is 32.2. The number of halogens is 1. The molecule has 1 aliphatic rings. The molecule has 23 heavy (non-hydrogen) atoms. The van der Waals surface area contributed by atoms with E-state index in [1.807, 2.05) is 0 Å². The summed E-state index contributed by atoms with van der Waals surface area (Å²) in [6, 6.07) is 5.19. The van der Waals surface area contributed by atoms with E-state index in [0.29, 0.717) is 18.7 Å². The molecule has 0 aliphatic carbocycles. The Labute approximate surface area is 132 Å². The van der Waals surface area contributed by atoms with E-state index in [4.69, 9.17) is 5.11 Å². The molecule has 1 aromatic carbocycles. The summed E-state index contributed by atoms with van der Waals surface area (Å²) in [6.45, 7) is 2.27. The van der Waals surface area contributed by atoms with Gasteiger partial charge in [0.1, 0.15) is 16.4 Å². The molecule has 0 unspecified atom stereocenters. The van der Waals surface area contributed by atoms with Crippen LogP contribution in [-0.4, -0.2) is 30.6 Å². The molecule has 8 heteroatoms. The summed E-state index contributed by atoms with van der Waals surface area (Å²) in [5, 5.41) is 9.16. The number of benzene rings is 1. The van der Waals surface area contributed by atoms with Gasteiger partial charge in [-0.15, -0.1) is 0 Å². The Bertz CT molecular complexity index is 889. The van der Waals surface area contributed by atoms with Crippen LogP contribution in [0.1, 0.15) is 23.0 Å². The van der Waals surface area contributed by atoms with Crippen LogP contribution < -0.4 is 4.31 Å². The molecular weight excluding hydrogens is 323 g/mol. The molecule has 1 N–H and O–H groups in total. The van der Waals surface area contributed by atoms with Crippen LogP contribution in [0.25, 0.3) is 0 Å². The molecule has 0 fully saturated rings. The summed E-state index contributed by atoms with van der Waals surface area (Å²) in [5.41, 5.74) is 0.971. The predicted octanol–water partition coefficient (Wildman–Crippen LogP) is 2.10. The third-order valence-electron chi connectivity index (χ3n) is 3.92. The van der Waals surface area contributed by atoms with Crippen molar-refractivity contribution < 1.29 is 22.7 Å². The Hall–Kier alpha value is -2.35. The maximum Gasteiger partial charge on any atom is 0.352 e. The van der Waals surface area contributed by atoms with Crippen LogP contribution in [0.3, 0.4) is 0 Å². The highest BCUT2D eigenvalue weighted by Gasteiger charge is 2.33. The number of sulfonamides is 1. The lowest BCUT2D eigenvalue weighted by Gasteiger charge is -2.18. The molecule has 0 saturated carbocycles. The molecule has 1 aliphatic heterocycles. The van der Waals surface area contributed by atoms with E-state index in [1.165, 1.54) is 22.9 Å². The number of hydrogen-bond donors (Lipinski definition) is 1. The molecule has 0 spiro atoms. The first-order chi connectivity index (χ1) is 10.8. The zero-order valence-electron chi connectivity index (χ0n) is 12.4. The second kappa shape index (κ2) is 5.38. The van der Waals surface area contributed by atoms with Crippen LogP contribution in [0.15, 0.2) is 35.4 Å². The van der Waals surface area contributed by atoms with Crippen LogP contribution in [-0.2, 0) is 23.0 Å². The molecule has 0 bridgehead atoms. The third kappa shape index (κ3) is 2.48. The van der Waals surface area contributed by atoms with E-state index >= 15 is 0 Å². The number of anilines is 1. The van der Waals surface area contributed by atoms with Gasteiger partial charge < -0.3 is 9.67 Å². The Morgan fingerprint density at radius 3 is 2.70 bits per heavy atom. The normalized spacial score (nSPS) is 14.1. The number of aryl methyl sites for hydroxylation is 1. The topological polar surface area (TPSA) is 79.6 Å². The fraction of sp³-hybridized carbons (Fsp3) is 0.267. The molecule has 6 nitrogen and oxygen atoms in total. The molecule has 0 saturated heterocycles. The molecule has 0 atom stereocenters. The number of fused-ring (bicyclic) bond motifs is 1. The number of carbonyl (C=O) groups is 1. The van der Waals surface area contributed by atoms with Gasteiger partial charge in [0.25, 0.3) is 10.0 Å². The van der Waals surface area contributed by atoms with Crippen molar-refractivity contribution in [3.8, 4) is 0 Å². The molecule has 122 valence electrons. The van der Waals surface area contributed by atoms with Crippen molar-refractivity contribution in [1.29, 1.82) is 0 Å². The maximum absolute atomic E-state index is 13.5. The lowest BCUT2D eigenvalue weighted by molar-refractivity contribution is 0.0685. The minimum atomic E-state index is -3.93. The Morgan fingerprint density at radius 1 is 1.35 bits per heavy atom. The molecule has 1 aromatic heterocycles.